The van der Waals surface area contributed by atoms with E-state index in [-0.39, 0.29) is 18.1 Å². The van der Waals surface area contributed by atoms with Gasteiger partial charge in [-0.15, -0.1) is 11.3 Å². The number of nitrogens with zero attached hydrogens (tertiary/aromatic N) is 2. The molecule has 1 aromatic rings. The van der Waals surface area contributed by atoms with Gasteiger partial charge < -0.3 is 9.84 Å². The summed E-state index contributed by atoms with van der Waals surface area (Å²) < 4.78 is 5.70. The minimum Gasteiger partial charge on any atom is -0.396 e. The fraction of sp³-hybridized carbons (Fsp3) is 0.812. The Labute approximate surface area is 132 Å². The third-order valence-electron chi connectivity index (χ3n) is 3.49. The number of aliphatic hydroxyl groups excluding tert-OH is 1. The maximum absolute atomic E-state index is 9.07. The quantitative estimate of drug-likeness (QED) is 0.839. The number of aromatic nitrogens is 1. The van der Waals surface area contributed by atoms with Gasteiger partial charge in [-0.1, -0.05) is 20.8 Å². The van der Waals surface area contributed by atoms with Crippen molar-refractivity contribution in [3.05, 3.63) is 16.1 Å². The van der Waals surface area contributed by atoms with Crippen LogP contribution < -0.4 is 0 Å². The first-order valence-corrected chi connectivity index (χ1v) is 8.75. The predicted octanol–water partition coefficient (Wildman–Crippen LogP) is 3.23. The first-order valence-electron chi connectivity index (χ1n) is 7.87. The zero-order chi connectivity index (χ0) is 15.3. The lowest BCUT2D eigenvalue weighted by Gasteiger charge is -2.29. The average Bonchev–Trinajstić information content (AvgIpc) is 3.04. The van der Waals surface area contributed by atoms with E-state index in [1.54, 1.807) is 11.3 Å². The van der Waals surface area contributed by atoms with Crippen molar-refractivity contribution in [2.45, 2.75) is 52.7 Å². The number of ether oxygens (including phenoxy) is 1. The minimum absolute atomic E-state index is 0.220. The predicted molar refractivity (Wildman–Crippen MR) is 86.5 cm³/mol. The van der Waals surface area contributed by atoms with Gasteiger partial charge in [0.2, 0.25) is 0 Å². The highest BCUT2D eigenvalue weighted by atomic mass is 32.1. The van der Waals surface area contributed by atoms with Crippen molar-refractivity contribution < 1.29 is 9.84 Å². The lowest BCUT2D eigenvalue weighted by Crippen LogP contribution is -2.33. The molecule has 0 radical (unpaired) electrons. The van der Waals surface area contributed by atoms with Crippen LogP contribution in [0.5, 0.6) is 0 Å². The molecule has 0 aromatic carbocycles. The van der Waals surface area contributed by atoms with Crippen LogP contribution in [0.1, 0.15) is 56.8 Å². The van der Waals surface area contributed by atoms with E-state index >= 15 is 0 Å². The Kier molecular flexibility index (Phi) is 6.17. The van der Waals surface area contributed by atoms with Gasteiger partial charge in [0.25, 0.3) is 0 Å². The van der Waals surface area contributed by atoms with Crippen molar-refractivity contribution in [3.63, 3.8) is 0 Å². The van der Waals surface area contributed by atoms with Crippen molar-refractivity contribution in [3.8, 4) is 0 Å². The molecule has 5 heteroatoms. The molecule has 1 N–H and O–H groups in total. The van der Waals surface area contributed by atoms with Gasteiger partial charge in [-0.3, -0.25) is 4.90 Å². The lowest BCUT2D eigenvalue weighted by atomic mass is 9.96. The summed E-state index contributed by atoms with van der Waals surface area (Å²) in [6, 6.07) is 0. The second kappa shape index (κ2) is 7.68. The molecule has 0 saturated carbocycles. The second-order valence-corrected chi connectivity index (χ2v) is 7.92. The minimum atomic E-state index is 0.220. The molecule has 2 rings (SSSR count). The first kappa shape index (κ1) is 16.9. The van der Waals surface area contributed by atoms with E-state index in [1.165, 1.54) is 0 Å². The van der Waals surface area contributed by atoms with Crippen LogP contribution in [0.3, 0.4) is 0 Å². The van der Waals surface area contributed by atoms with Gasteiger partial charge in [-0.2, -0.15) is 0 Å². The van der Waals surface area contributed by atoms with Gasteiger partial charge >= 0.3 is 0 Å². The lowest BCUT2D eigenvalue weighted by molar-refractivity contribution is 0.111. The topological polar surface area (TPSA) is 45.6 Å². The van der Waals surface area contributed by atoms with Gasteiger partial charge in [-0.05, 0) is 24.7 Å². The SMILES string of the molecule is CC(C)(C)CN(CCCO)Cc1csc(C2CCCO2)n1. The molecule has 1 unspecified atom stereocenters. The molecule has 1 fully saturated rings. The molecule has 21 heavy (non-hydrogen) atoms. The zero-order valence-electron chi connectivity index (χ0n) is 13.5. The summed E-state index contributed by atoms with van der Waals surface area (Å²) >= 11 is 1.72. The van der Waals surface area contributed by atoms with E-state index in [4.69, 9.17) is 14.8 Å². The van der Waals surface area contributed by atoms with Crippen LogP contribution in [0.25, 0.3) is 0 Å². The standard InChI is InChI=1S/C16H28N2O2S/c1-16(2,3)12-18(7-5-8-19)10-13-11-21-15(17-13)14-6-4-9-20-14/h11,14,19H,4-10,12H2,1-3H3. The number of hydrogen-bond donors (Lipinski definition) is 1. The molecule has 120 valence electrons. The van der Waals surface area contributed by atoms with E-state index in [1.807, 2.05) is 0 Å². The summed E-state index contributed by atoms with van der Waals surface area (Å²) in [5.41, 5.74) is 1.38. The number of hydrogen-bond acceptors (Lipinski definition) is 5. The molecule has 4 nitrogen and oxygen atoms in total. The fourth-order valence-corrected chi connectivity index (χ4v) is 3.62. The van der Waals surface area contributed by atoms with Gasteiger partial charge in [0.15, 0.2) is 0 Å². The molecular weight excluding hydrogens is 284 g/mol. The molecule has 0 spiro atoms. The van der Waals surface area contributed by atoms with Crippen LogP contribution in [0.15, 0.2) is 5.38 Å². The van der Waals surface area contributed by atoms with Crippen LogP contribution in [0.4, 0.5) is 0 Å². The maximum atomic E-state index is 9.07. The Morgan fingerprint density at radius 2 is 2.29 bits per heavy atom. The van der Waals surface area contributed by atoms with Crippen molar-refractivity contribution >= 4 is 11.3 Å². The molecule has 0 amide bonds. The van der Waals surface area contributed by atoms with Crippen LogP contribution in [0, 0.1) is 5.41 Å². The van der Waals surface area contributed by atoms with Crippen LogP contribution in [0.2, 0.25) is 0 Å². The molecule has 2 heterocycles. The normalized spacial score (nSPS) is 19.6. The van der Waals surface area contributed by atoms with Crippen LogP contribution >= 0.6 is 11.3 Å². The highest BCUT2D eigenvalue weighted by Crippen LogP contribution is 2.31. The number of aliphatic hydroxyl groups is 1. The first-order chi connectivity index (χ1) is 9.98. The summed E-state index contributed by atoms with van der Waals surface area (Å²) in [5.74, 6) is 0. The number of thiazole rings is 1. The highest BCUT2D eigenvalue weighted by molar-refractivity contribution is 7.09. The van der Waals surface area contributed by atoms with E-state index in [0.29, 0.717) is 0 Å². The Morgan fingerprint density at radius 1 is 1.48 bits per heavy atom. The van der Waals surface area contributed by atoms with Crippen molar-refractivity contribution in [2.24, 2.45) is 5.41 Å². The van der Waals surface area contributed by atoms with Crippen LogP contribution in [-0.2, 0) is 11.3 Å². The molecule has 1 aromatic heterocycles. The van der Waals surface area contributed by atoms with Gasteiger partial charge in [0.1, 0.15) is 11.1 Å². The Balaban J connectivity index is 1.95. The van der Waals surface area contributed by atoms with E-state index in [9.17, 15) is 0 Å². The van der Waals surface area contributed by atoms with Crippen molar-refractivity contribution in [2.75, 3.05) is 26.3 Å². The fourth-order valence-electron chi connectivity index (χ4n) is 2.72. The van der Waals surface area contributed by atoms with E-state index in [0.717, 1.165) is 56.2 Å². The Bertz CT molecular complexity index is 422. The summed E-state index contributed by atoms with van der Waals surface area (Å²) in [5, 5.41) is 12.4. The van der Waals surface area contributed by atoms with Gasteiger partial charge in [0, 0.05) is 38.2 Å². The Morgan fingerprint density at radius 3 is 2.90 bits per heavy atom. The smallest absolute Gasteiger partial charge is 0.122 e. The molecule has 1 saturated heterocycles. The van der Waals surface area contributed by atoms with Gasteiger partial charge in [-0.25, -0.2) is 4.98 Å². The molecule has 0 bridgehead atoms. The summed E-state index contributed by atoms with van der Waals surface area (Å²) in [6.07, 6.45) is 3.28. The third kappa shape index (κ3) is 5.66. The third-order valence-corrected chi connectivity index (χ3v) is 4.48. The van der Waals surface area contributed by atoms with E-state index < -0.39 is 0 Å². The number of rotatable bonds is 7. The monoisotopic (exact) mass is 312 g/mol. The van der Waals surface area contributed by atoms with Crippen molar-refractivity contribution in [1.29, 1.82) is 0 Å². The summed E-state index contributed by atoms with van der Waals surface area (Å²) in [4.78, 5) is 7.15. The molecule has 1 atom stereocenters. The Hall–Kier alpha value is -0.490. The average molecular weight is 312 g/mol. The van der Waals surface area contributed by atoms with Gasteiger partial charge in [0.05, 0.1) is 5.69 Å². The highest BCUT2D eigenvalue weighted by Gasteiger charge is 2.22. The van der Waals surface area contributed by atoms with Crippen molar-refractivity contribution in [1.82, 2.24) is 9.88 Å². The van der Waals surface area contributed by atoms with E-state index in [2.05, 4.69) is 31.1 Å². The molecule has 1 aliphatic rings. The largest absolute Gasteiger partial charge is 0.396 e. The zero-order valence-corrected chi connectivity index (χ0v) is 14.3. The molecule has 1 aliphatic heterocycles. The maximum Gasteiger partial charge on any atom is 0.122 e. The molecular formula is C16H28N2O2S. The summed E-state index contributed by atoms with van der Waals surface area (Å²) in [7, 11) is 0. The molecule has 0 aliphatic carbocycles. The summed E-state index contributed by atoms with van der Waals surface area (Å²) in [6.45, 7) is 10.7. The van der Waals surface area contributed by atoms with Crippen LogP contribution in [-0.4, -0.2) is 41.3 Å². The second-order valence-electron chi connectivity index (χ2n) is 7.03.